The first-order valence-electron chi connectivity index (χ1n) is 8.69. The second kappa shape index (κ2) is 8.00. The second-order valence-corrected chi connectivity index (χ2v) is 10.1. The molecule has 10 heteroatoms. The molecular formula is C18H21N3O5S2. The Balaban J connectivity index is 1.78. The summed E-state index contributed by atoms with van der Waals surface area (Å²) < 4.78 is 52.4. The number of nitrogens with one attached hydrogen (secondary N) is 2. The lowest BCUT2D eigenvalue weighted by atomic mass is 10.2. The SMILES string of the molecule is CNS(=O)(=O)c1ccc(NC(=O)c2cccc(S(=O)(=O)N3CCCC3)c2)cc1. The van der Waals surface area contributed by atoms with E-state index in [-0.39, 0.29) is 15.4 Å². The first-order chi connectivity index (χ1) is 13.2. The van der Waals surface area contributed by atoms with E-state index in [0.717, 1.165) is 12.8 Å². The Bertz CT molecular complexity index is 1070. The predicted molar refractivity (Wildman–Crippen MR) is 105 cm³/mol. The van der Waals surface area contributed by atoms with Gasteiger partial charge in [-0.05, 0) is 62.4 Å². The lowest BCUT2D eigenvalue weighted by molar-refractivity contribution is 0.102. The number of hydrogen-bond donors (Lipinski definition) is 2. The third kappa shape index (κ3) is 4.25. The Morgan fingerprint density at radius 2 is 1.57 bits per heavy atom. The predicted octanol–water partition coefficient (Wildman–Crippen LogP) is 1.63. The quantitative estimate of drug-likeness (QED) is 0.733. The minimum absolute atomic E-state index is 0.0757. The van der Waals surface area contributed by atoms with E-state index < -0.39 is 26.0 Å². The molecule has 0 unspecified atom stereocenters. The number of sulfonamides is 2. The minimum Gasteiger partial charge on any atom is -0.322 e. The molecular weight excluding hydrogens is 402 g/mol. The zero-order chi connectivity index (χ0) is 20.4. The van der Waals surface area contributed by atoms with Gasteiger partial charge in [0, 0.05) is 24.3 Å². The Hall–Kier alpha value is -2.27. The molecule has 150 valence electrons. The van der Waals surface area contributed by atoms with Crippen molar-refractivity contribution < 1.29 is 21.6 Å². The lowest BCUT2D eigenvalue weighted by Crippen LogP contribution is -2.28. The molecule has 0 saturated carbocycles. The molecule has 0 bridgehead atoms. The summed E-state index contributed by atoms with van der Waals surface area (Å²) in [5, 5.41) is 2.64. The third-order valence-corrected chi connectivity index (χ3v) is 7.82. The maximum atomic E-state index is 12.7. The van der Waals surface area contributed by atoms with E-state index in [1.54, 1.807) is 0 Å². The van der Waals surface area contributed by atoms with Gasteiger partial charge in [-0.15, -0.1) is 0 Å². The smallest absolute Gasteiger partial charge is 0.255 e. The van der Waals surface area contributed by atoms with Crippen LogP contribution in [-0.4, -0.2) is 47.2 Å². The fourth-order valence-electron chi connectivity index (χ4n) is 2.91. The van der Waals surface area contributed by atoms with Gasteiger partial charge < -0.3 is 5.32 Å². The molecule has 3 rings (SSSR count). The van der Waals surface area contributed by atoms with Crippen LogP contribution in [0.1, 0.15) is 23.2 Å². The summed E-state index contributed by atoms with van der Waals surface area (Å²) in [5.41, 5.74) is 0.597. The number of rotatable bonds is 6. The molecule has 0 spiro atoms. The molecule has 8 nitrogen and oxygen atoms in total. The Labute approximate surface area is 164 Å². The summed E-state index contributed by atoms with van der Waals surface area (Å²) in [6.07, 6.45) is 1.66. The molecule has 1 aliphatic rings. The standard InChI is InChI=1S/C18H21N3O5S2/c1-19-27(23,24)16-9-7-15(8-10-16)20-18(22)14-5-4-6-17(13-14)28(25,26)21-11-2-3-12-21/h4-10,13,19H,2-3,11-12H2,1H3,(H,20,22). The fourth-order valence-corrected chi connectivity index (χ4v) is 5.21. The monoisotopic (exact) mass is 423 g/mol. The van der Waals surface area contributed by atoms with Crippen LogP contribution in [0.3, 0.4) is 0 Å². The van der Waals surface area contributed by atoms with Crippen molar-refractivity contribution >= 4 is 31.6 Å². The molecule has 28 heavy (non-hydrogen) atoms. The van der Waals surface area contributed by atoms with Crippen molar-refractivity contribution in [1.82, 2.24) is 9.03 Å². The van der Waals surface area contributed by atoms with E-state index in [9.17, 15) is 21.6 Å². The van der Waals surface area contributed by atoms with Gasteiger partial charge in [0.05, 0.1) is 9.79 Å². The first kappa shape index (κ1) is 20.5. The zero-order valence-corrected chi connectivity index (χ0v) is 16.9. The van der Waals surface area contributed by atoms with E-state index >= 15 is 0 Å². The molecule has 2 aromatic carbocycles. The molecule has 1 heterocycles. The molecule has 1 saturated heterocycles. The van der Waals surface area contributed by atoms with Crippen LogP contribution in [0.2, 0.25) is 0 Å². The van der Waals surface area contributed by atoms with Gasteiger partial charge >= 0.3 is 0 Å². The van der Waals surface area contributed by atoms with Crippen LogP contribution in [0.5, 0.6) is 0 Å². The van der Waals surface area contributed by atoms with Crippen LogP contribution in [0.15, 0.2) is 58.3 Å². The number of benzene rings is 2. The second-order valence-electron chi connectivity index (χ2n) is 6.33. The minimum atomic E-state index is -3.61. The van der Waals surface area contributed by atoms with Crippen LogP contribution in [0.4, 0.5) is 5.69 Å². The first-order valence-corrected chi connectivity index (χ1v) is 11.6. The number of hydrogen-bond acceptors (Lipinski definition) is 5. The summed E-state index contributed by atoms with van der Waals surface area (Å²) in [4.78, 5) is 12.7. The van der Waals surface area contributed by atoms with Gasteiger partial charge in [-0.1, -0.05) is 6.07 Å². The Morgan fingerprint density at radius 3 is 2.18 bits per heavy atom. The summed E-state index contributed by atoms with van der Waals surface area (Å²) in [6.45, 7) is 0.973. The topological polar surface area (TPSA) is 113 Å². The van der Waals surface area contributed by atoms with Gasteiger partial charge in [0.15, 0.2) is 0 Å². The summed E-state index contributed by atoms with van der Waals surface area (Å²) in [7, 11) is -5.86. The van der Waals surface area contributed by atoms with Gasteiger partial charge in [0.1, 0.15) is 0 Å². The average Bonchev–Trinajstić information content (AvgIpc) is 3.24. The maximum Gasteiger partial charge on any atom is 0.255 e. The molecule has 1 fully saturated rings. The van der Waals surface area contributed by atoms with E-state index in [2.05, 4.69) is 10.0 Å². The normalized spacial score (nSPS) is 15.5. The van der Waals surface area contributed by atoms with Crippen molar-refractivity contribution in [3.8, 4) is 0 Å². The highest BCUT2D eigenvalue weighted by Gasteiger charge is 2.27. The van der Waals surface area contributed by atoms with Crippen LogP contribution in [0, 0.1) is 0 Å². The number of carbonyl (C=O) groups excluding carboxylic acids is 1. The maximum absolute atomic E-state index is 12.7. The van der Waals surface area contributed by atoms with Crippen molar-refractivity contribution in [2.24, 2.45) is 0 Å². The van der Waals surface area contributed by atoms with E-state index in [4.69, 9.17) is 0 Å². The summed E-state index contributed by atoms with van der Waals surface area (Å²) >= 11 is 0. The van der Waals surface area contributed by atoms with Crippen LogP contribution in [0.25, 0.3) is 0 Å². The highest BCUT2D eigenvalue weighted by atomic mass is 32.2. The van der Waals surface area contributed by atoms with E-state index in [0.29, 0.717) is 18.8 Å². The number of nitrogens with zero attached hydrogens (tertiary/aromatic N) is 1. The Kier molecular flexibility index (Phi) is 5.84. The largest absolute Gasteiger partial charge is 0.322 e. The van der Waals surface area contributed by atoms with Crippen molar-refractivity contribution in [2.45, 2.75) is 22.6 Å². The number of amides is 1. The summed E-state index contributed by atoms with van der Waals surface area (Å²) in [5.74, 6) is -0.484. The van der Waals surface area contributed by atoms with Gasteiger partial charge in [0.2, 0.25) is 20.0 Å². The fraction of sp³-hybridized carbons (Fsp3) is 0.278. The van der Waals surface area contributed by atoms with Gasteiger partial charge in [-0.3, -0.25) is 4.79 Å². The van der Waals surface area contributed by atoms with Gasteiger partial charge in [-0.25, -0.2) is 21.6 Å². The average molecular weight is 424 g/mol. The van der Waals surface area contributed by atoms with Gasteiger partial charge in [-0.2, -0.15) is 4.31 Å². The van der Waals surface area contributed by atoms with E-state index in [1.165, 1.54) is 59.9 Å². The van der Waals surface area contributed by atoms with Gasteiger partial charge in [0.25, 0.3) is 5.91 Å². The highest BCUT2D eigenvalue weighted by Crippen LogP contribution is 2.22. The number of carbonyl (C=O) groups is 1. The molecule has 2 N–H and O–H groups in total. The molecule has 0 atom stereocenters. The molecule has 2 aromatic rings. The highest BCUT2D eigenvalue weighted by molar-refractivity contribution is 7.89. The van der Waals surface area contributed by atoms with Crippen molar-refractivity contribution in [3.05, 3.63) is 54.1 Å². The lowest BCUT2D eigenvalue weighted by Gasteiger charge is -2.16. The third-order valence-electron chi connectivity index (χ3n) is 4.49. The number of anilines is 1. The van der Waals surface area contributed by atoms with Crippen molar-refractivity contribution in [2.75, 3.05) is 25.5 Å². The molecule has 1 aliphatic heterocycles. The van der Waals surface area contributed by atoms with E-state index in [1.807, 2.05) is 0 Å². The molecule has 0 aliphatic carbocycles. The molecule has 1 amide bonds. The van der Waals surface area contributed by atoms with Crippen molar-refractivity contribution in [3.63, 3.8) is 0 Å². The van der Waals surface area contributed by atoms with Crippen molar-refractivity contribution in [1.29, 1.82) is 0 Å². The Morgan fingerprint density at radius 1 is 0.929 bits per heavy atom. The zero-order valence-electron chi connectivity index (χ0n) is 15.3. The van der Waals surface area contributed by atoms with Crippen LogP contribution < -0.4 is 10.0 Å². The van der Waals surface area contributed by atoms with Crippen LogP contribution >= 0.6 is 0 Å². The molecule has 0 radical (unpaired) electrons. The molecule has 0 aromatic heterocycles. The summed E-state index contributed by atoms with van der Waals surface area (Å²) in [6, 6.07) is 11.6. The van der Waals surface area contributed by atoms with Crippen LogP contribution in [-0.2, 0) is 20.0 Å².